The van der Waals surface area contributed by atoms with Crippen molar-refractivity contribution >= 4 is 18.2 Å². The Kier molecular flexibility index (Phi) is 10.8. The van der Waals surface area contributed by atoms with Crippen molar-refractivity contribution in [1.29, 1.82) is 0 Å². The fourth-order valence-electron chi connectivity index (χ4n) is 3.89. The lowest BCUT2D eigenvalue weighted by Gasteiger charge is -2.33. The summed E-state index contributed by atoms with van der Waals surface area (Å²) in [5.41, 5.74) is -1.78. The van der Waals surface area contributed by atoms with Crippen molar-refractivity contribution in [3.63, 3.8) is 0 Å². The Hall–Kier alpha value is -2.81. The topological polar surface area (TPSA) is 101 Å². The molecule has 1 aromatic rings. The van der Waals surface area contributed by atoms with Gasteiger partial charge in [-0.2, -0.15) is 4.90 Å². The number of carbonyl (C=O) groups excluding carboxylic acids is 3. The quantitative estimate of drug-likeness (QED) is 0.338. The van der Waals surface area contributed by atoms with Crippen LogP contribution in [-0.2, 0) is 23.7 Å². The standard InChI is InChI=1S/C28H43NO8/c1-9-18-33-22-17-13-16-21(24(30)34-19(2)23(22)35-20-14-11-10-12-15-20)29(25(31)36-27(3,4)5)26(32)37-28(6,7)8/h10-12,14-15,19,21-23H,9,13,16-18H2,1-8H3/t19-,21-,22-,23-/m0/s1. The third-order valence-corrected chi connectivity index (χ3v) is 5.41. The summed E-state index contributed by atoms with van der Waals surface area (Å²) < 4.78 is 29.1. The van der Waals surface area contributed by atoms with Crippen LogP contribution in [0.25, 0.3) is 0 Å². The average molecular weight is 522 g/mol. The lowest BCUT2D eigenvalue weighted by molar-refractivity contribution is -0.162. The number of imide groups is 1. The van der Waals surface area contributed by atoms with Gasteiger partial charge in [-0.1, -0.05) is 25.1 Å². The molecule has 0 spiro atoms. The predicted molar refractivity (Wildman–Crippen MR) is 138 cm³/mol. The molecule has 1 heterocycles. The van der Waals surface area contributed by atoms with Gasteiger partial charge in [0.1, 0.15) is 29.1 Å². The minimum Gasteiger partial charge on any atom is -0.484 e. The number of hydrogen-bond acceptors (Lipinski definition) is 8. The van der Waals surface area contributed by atoms with Gasteiger partial charge in [-0.25, -0.2) is 14.4 Å². The van der Waals surface area contributed by atoms with Crippen LogP contribution in [0.3, 0.4) is 0 Å². The van der Waals surface area contributed by atoms with Crippen molar-refractivity contribution < 1.29 is 38.1 Å². The van der Waals surface area contributed by atoms with E-state index in [1.54, 1.807) is 48.5 Å². The minimum absolute atomic E-state index is 0.161. The van der Waals surface area contributed by atoms with E-state index in [-0.39, 0.29) is 12.5 Å². The molecule has 0 aliphatic carbocycles. The van der Waals surface area contributed by atoms with Crippen molar-refractivity contribution in [2.75, 3.05) is 6.61 Å². The molecule has 37 heavy (non-hydrogen) atoms. The molecule has 9 nitrogen and oxygen atoms in total. The Morgan fingerprint density at radius 3 is 2.05 bits per heavy atom. The Balaban J connectivity index is 2.38. The van der Waals surface area contributed by atoms with Crippen LogP contribution in [0.5, 0.6) is 5.75 Å². The second-order valence-corrected chi connectivity index (χ2v) is 11.2. The fourth-order valence-corrected chi connectivity index (χ4v) is 3.89. The highest BCUT2D eigenvalue weighted by Crippen LogP contribution is 2.27. The maximum atomic E-state index is 13.5. The summed E-state index contributed by atoms with van der Waals surface area (Å²) in [6, 6.07) is 8.03. The molecule has 1 aliphatic rings. The molecule has 0 N–H and O–H groups in total. The van der Waals surface area contributed by atoms with Gasteiger partial charge in [0.15, 0.2) is 6.10 Å². The van der Waals surface area contributed by atoms with Crippen LogP contribution in [0.1, 0.15) is 81.1 Å². The minimum atomic E-state index is -1.23. The number of benzene rings is 1. The molecular weight excluding hydrogens is 478 g/mol. The van der Waals surface area contributed by atoms with Gasteiger partial charge in [0.25, 0.3) is 0 Å². The summed E-state index contributed by atoms with van der Waals surface area (Å²) in [5, 5.41) is 0. The molecule has 0 saturated carbocycles. The fraction of sp³-hybridized carbons (Fsp3) is 0.679. The van der Waals surface area contributed by atoms with Gasteiger partial charge in [-0.3, -0.25) is 0 Å². The highest BCUT2D eigenvalue weighted by molar-refractivity contribution is 5.94. The molecule has 1 saturated heterocycles. The average Bonchev–Trinajstić information content (AvgIpc) is 2.81. The van der Waals surface area contributed by atoms with E-state index in [4.69, 9.17) is 23.7 Å². The van der Waals surface area contributed by atoms with Gasteiger partial charge in [0.2, 0.25) is 0 Å². The van der Waals surface area contributed by atoms with E-state index < -0.39 is 47.6 Å². The van der Waals surface area contributed by atoms with Crippen LogP contribution in [0, 0.1) is 0 Å². The molecular formula is C28H43NO8. The highest BCUT2D eigenvalue weighted by Gasteiger charge is 2.44. The van der Waals surface area contributed by atoms with E-state index >= 15 is 0 Å². The number of ether oxygens (including phenoxy) is 5. The van der Waals surface area contributed by atoms with E-state index in [9.17, 15) is 14.4 Å². The van der Waals surface area contributed by atoms with Gasteiger partial charge in [0.05, 0.1) is 6.10 Å². The summed E-state index contributed by atoms with van der Waals surface area (Å²) in [4.78, 5) is 40.5. The molecule has 9 heteroatoms. The van der Waals surface area contributed by atoms with Crippen molar-refractivity contribution in [1.82, 2.24) is 4.90 Å². The first-order chi connectivity index (χ1) is 17.2. The van der Waals surface area contributed by atoms with Crippen LogP contribution in [-0.4, -0.2) is 65.2 Å². The zero-order valence-corrected chi connectivity index (χ0v) is 23.4. The van der Waals surface area contributed by atoms with Crippen molar-refractivity contribution in [2.24, 2.45) is 0 Å². The van der Waals surface area contributed by atoms with Crippen LogP contribution in [0.15, 0.2) is 30.3 Å². The molecule has 0 unspecified atom stereocenters. The Labute approximate surface area is 220 Å². The van der Waals surface area contributed by atoms with E-state index in [1.165, 1.54) is 0 Å². The number of nitrogens with zero attached hydrogens (tertiary/aromatic N) is 1. The van der Waals surface area contributed by atoms with Crippen LogP contribution in [0.2, 0.25) is 0 Å². The predicted octanol–water partition coefficient (Wildman–Crippen LogP) is 5.89. The van der Waals surface area contributed by atoms with E-state index in [1.807, 2.05) is 37.3 Å². The van der Waals surface area contributed by atoms with Crippen molar-refractivity contribution in [3.8, 4) is 5.75 Å². The van der Waals surface area contributed by atoms with E-state index in [0.717, 1.165) is 11.3 Å². The molecule has 1 aromatic carbocycles. The van der Waals surface area contributed by atoms with Crippen LogP contribution in [0.4, 0.5) is 9.59 Å². The number of para-hydroxylation sites is 1. The number of amides is 2. The second-order valence-electron chi connectivity index (χ2n) is 11.2. The summed E-state index contributed by atoms with van der Waals surface area (Å²) in [6.07, 6.45) is -1.63. The summed E-state index contributed by atoms with van der Waals surface area (Å²) in [6.45, 7) is 14.4. The van der Waals surface area contributed by atoms with E-state index in [2.05, 4.69) is 0 Å². The molecule has 1 fully saturated rings. The molecule has 1 aliphatic heterocycles. The Morgan fingerprint density at radius 2 is 1.54 bits per heavy atom. The maximum absolute atomic E-state index is 13.5. The summed E-state index contributed by atoms with van der Waals surface area (Å²) in [5.74, 6) is -0.109. The number of esters is 1. The van der Waals surface area contributed by atoms with Crippen molar-refractivity contribution in [3.05, 3.63) is 30.3 Å². The number of carbonyl (C=O) groups is 3. The third kappa shape index (κ3) is 9.87. The van der Waals surface area contributed by atoms with Crippen LogP contribution >= 0.6 is 0 Å². The Morgan fingerprint density at radius 1 is 0.973 bits per heavy atom. The third-order valence-electron chi connectivity index (χ3n) is 5.41. The Bertz CT molecular complexity index is 862. The van der Waals surface area contributed by atoms with Gasteiger partial charge in [-0.15, -0.1) is 0 Å². The first kappa shape index (κ1) is 30.4. The number of hydrogen-bond donors (Lipinski definition) is 0. The molecule has 208 valence electrons. The maximum Gasteiger partial charge on any atom is 0.420 e. The molecule has 0 aromatic heterocycles. The van der Waals surface area contributed by atoms with Gasteiger partial charge < -0.3 is 23.7 Å². The summed E-state index contributed by atoms with van der Waals surface area (Å²) >= 11 is 0. The largest absolute Gasteiger partial charge is 0.484 e. The molecule has 4 atom stereocenters. The number of rotatable bonds is 6. The zero-order chi connectivity index (χ0) is 27.8. The lowest BCUT2D eigenvalue weighted by atomic mass is 10.0. The smallest absolute Gasteiger partial charge is 0.420 e. The molecule has 2 rings (SSSR count). The second kappa shape index (κ2) is 13.1. The SMILES string of the molecule is CCCO[C@H]1CCC[C@H](N(C(=O)OC(C)(C)C)C(=O)OC(C)(C)C)C(=O)O[C@@H](C)[C@@H]1Oc1ccccc1. The first-order valence-corrected chi connectivity index (χ1v) is 13.0. The van der Waals surface area contributed by atoms with Gasteiger partial charge >= 0.3 is 18.2 Å². The van der Waals surface area contributed by atoms with Crippen LogP contribution < -0.4 is 4.74 Å². The van der Waals surface area contributed by atoms with Crippen molar-refractivity contribution in [2.45, 2.75) is 117 Å². The normalized spacial score (nSPS) is 23.1. The van der Waals surface area contributed by atoms with Gasteiger partial charge in [0, 0.05) is 6.61 Å². The number of cyclic esters (lactones) is 1. The van der Waals surface area contributed by atoms with E-state index in [0.29, 0.717) is 25.2 Å². The molecule has 2 amide bonds. The zero-order valence-electron chi connectivity index (χ0n) is 23.4. The molecule has 0 bridgehead atoms. The first-order valence-electron chi connectivity index (χ1n) is 13.0. The molecule has 0 radical (unpaired) electrons. The highest BCUT2D eigenvalue weighted by atomic mass is 16.6. The van der Waals surface area contributed by atoms with Gasteiger partial charge in [-0.05, 0) is 86.3 Å². The monoisotopic (exact) mass is 521 g/mol. The summed E-state index contributed by atoms with van der Waals surface area (Å²) in [7, 11) is 0. The lowest BCUT2D eigenvalue weighted by Crippen LogP contribution is -2.53.